The van der Waals surface area contributed by atoms with Gasteiger partial charge in [0.15, 0.2) is 0 Å². The zero-order valence-corrected chi connectivity index (χ0v) is 11.5. The van der Waals surface area contributed by atoms with Gasteiger partial charge in [-0.25, -0.2) is 4.98 Å². The van der Waals surface area contributed by atoms with Crippen LogP contribution in [0.25, 0.3) is 0 Å². The lowest BCUT2D eigenvalue weighted by molar-refractivity contribution is 0.275. The summed E-state index contributed by atoms with van der Waals surface area (Å²) >= 11 is 5.88. The highest BCUT2D eigenvalue weighted by Gasteiger charge is 2.04. The van der Waals surface area contributed by atoms with Gasteiger partial charge in [0.2, 0.25) is 5.88 Å². The van der Waals surface area contributed by atoms with Crippen molar-refractivity contribution >= 4 is 11.6 Å². The van der Waals surface area contributed by atoms with E-state index in [2.05, 4.69) is 11.9 Å². The highest BCUT2D eigenvalue weighted by molar-refractivity contribution is 6.31. The topological polar surface area (TPSA) is 42.4 Å². The van der Waals surface area contributed by atoms with Crippen LogP contribution >= 0.6 is 11.6 Å². The minimum atomic E-state index is -0.203. The van der Waals surface area contributed by atoms with Crippen LogP contribution < -0.4 is 4.74 Å². The maximum Gasteiger partial charge on any atom is 0.219 e. The van der Waals surface area contributed by atoms with Gasteiger partial charge in [-0.1, -0.05) is 37.1 Å². The molecule has 1 aromatic carbocycles. The van der Waals surface area contributed by atoms with Crippen LogP contribution in [0, 0.1) is 0 Å². The summed E-state index contributed by atoms with van der Waals surface area (Å²) in [6, 6.07) is 11.3. The van der Waals surface area contributed by atoms with E-state index in [0.29, 0.717) is 16.6 Å². The van der Waals surface area contributed by atoms with Crippen LogP contribution in [0.5, 0.6) is 11.6 Å². The molecule has 0 aliphatic carbocycles. The van der Waals surface area contributed by atoms with E-state index in [9.17, 15) is 0 Å². The Morgan fingerprint density at radius 3 is 2.53 bits per heavy atom. The molecular formula is C15H16ClNO2. The zero-order chi connectivity index (χ0) is 13.7. The summed E-state index contributed by atoms with van der Waals surface area (Å²) in [6.07, 6.45) is 2.19. The number of aryl methyl sites for hydroxylation is 1. The number of hydrogen-bond donors (Lipinski definition) is 1. The quantitative estimate of drug-likeness (QED) is 0.899. The van der Waals surface area contributed by atoms with Gasteiger partial charge >= 0.3 is 0 Å². The Morgan fingerprint density at radius 1 is 1.16 bits per heavy atom. The molecule has 0 amide bonds. The van der Waals surface area contributed by atoms with Crippen molar-refractivity contribution in [2.45, 2.75) is 26.4 Å². The lowest BCUT2D eigenvalue weighted by Gasteiger charge is -2.07. The standard InChI is InChI=1S/C15H16ClNO2/c1-2-3-11-4-6-12(7-5-11)19-15-9-8-13(16)14(10-18)17-15/h4-9,18H,2-3,10H2,1H3. The average molecular weight is 278 g/mol. The Kier molecular flexibility index (Phi) is 4.77. The molecule has 1 heterocycles. The van der Waals surface area contributed by atoms with E-state index in [1.54, 1.807) is 12.1 Å². The zero-order valence-electron chi connectivity index (χ0n) is 10.8. The summed E-state index contributed by atoms with van der Waals surface area (Å²) in [7, 11) is 0. The molecule has 4 heteroatoms. The summed E-state index contributed by atoms with van der Waals surface area (Å²) < 4.78 is 5.63. The third kappa shape index (κ3) is 3.69. The molecular weight excluding hydrogens is 262 g/mol. The second kappa shape index (κ2) is 6.55. The predicted molar refractivity (Wildman–Crippen MR) is 75.7 cm³/mol. The first-order chi connectivity index (χ1) is 9.22. The van der Waals surface area contributed by atoms with Gasteiger partial charge in [-0.05, 0) is 30.2 Å². The van der Waals surface area contributed by atoms with Crippen molar-refractivity contribution in [2.24, 2.45) is 0 Å². The molecule has 0 aliphatic rings. The number of aliphatic hydroxyl groups is 1. The Labute approximate surface area is 117 Å². The molecule has 0 saturated carbocycles. The second-order valence-electron chi connectivity index (χ2n) is 4.23. The lowest BCUT2D eigenvalue weighted by Crippen LogP contribution is -1.94. The molecule has 0 unspecified atom stereocenters. The van der Waals surface area contributed by atoms with Gasteiger partial charge in [-0.3, -0.25) is 0 Å². The van der Waals surface area contributed by atoms with E-state index in [1.807, 2.05) is 24.3 Å². The predicted octanol–water partition coefficient (Wildman–Crippen LogP) is 3.97. The first-order valence-corrected chi connectivity index (χ1v) is 6.63. The number of aliphatic hydroxyl groups excluding tert-OH is 1. The molecule has 0 atom stereocenters. The monoisotopic (exact) mass is 277 g/mol. The minimum absolute atomic E-state index is 0.203. The summed E-state index contributed by atoms with van der Waals surface area (Å²) in [5.41, 5.74) is 1.71. The number of pyridine rings is 1. The molecule has 0 fully saturated rings. The van der Waals surface area contributed by atoms with Crippen LogP contribution in [-0.4, -0.2) is 10.1 Å². The first kappa shape index (κ1) is 13.8. The van der Waals surface area contributed by atoms with Crippen molar-refractivity contribution in [3.63, 3.8) is 0 Å². The first-order valence-electron chi connectivity index (χ1n) is 6.26. The minimum Gasteiger partial charge on any atom is -0.439 e. The molecule has 100 valence electrons. The highest BCUT2D eigenvalue weighted by atomic mass is 35.5. The molecule has 0 spiro atoms. The van der Waals surface area contributed by atoms with Crippen molar-refractivity contribution in [1.29, 1.82) is 0 Å². The second-order valence-corrected chi connectivity index (χ2v) is 4.64. The maximum absolute atomic E-state index is 9.10. The molecule has 0 radical (unpaired) electrons. The van der Waals surface area contributed by atoms with Gasteiger partial charge in [0.25, 0.3) is 0 Å². The Balaban J connectivity index is 2.12. The molecule has 1 N–H and O–H groups in total. The molecule has 3 nitrogen and oxygen atoms in total. The van der Waals surface area contributed by atoms with Crippen molar-refractivity contribution in [1.82, 2.24) is 4.98 Å². The fourth-order valence-corrected chi connectivity index (χ4v) is 1.93. The third-order valence-corrected chi connectivity index (χ3v) is 3.07. The molecule has 2 aromatic rings. The fourth-order valence-electron chi connectivity index (χ4n) is 1.77. The number of nitrogens with zero attached hydrogens (tertiary/aromatic N) is 1. The van der Waals surface area contributed by atoms with E-state index in [1.165, 1.54) is 5.56 Å². The van der Waals surface area contributed by atoms with E-state index in [-0.39, 0.29) is 6.61 Å². The molecule has 0 bridgehead atoms. The van der Waals surface area contributed by atoms with E-state index >= 15 is 0 Å². The van der Waals surface area contributed by atoms with Crippen LogP contribution in [0.4, 0.5) is 0 Å². The number of aromatic nitrogens is 1. The van der Waals surface area contributed by atoms with E-state index in [0.717, 1.165) is 18.6 Å². The van der Waals surface area contributed by atoms with Crippen LogP contribution in [0.15, 0.2) is 36.4 Å². The van der Waals surface area contributed by atoms with Gasteiger partial charge in [-0.15, -0.1) is 0 Å². The summed E-state index contributed by atoms with van der Waals surface area (Å²) in [5, 5.41) is 9.54. The number of hydrogen-bond acceptors (Lipinski definition) is 3. The number of ether oxygens (including phenoxy) is 1. The molecule has 0 saturated heterocycles. The van der Waals surface area contributed by atoms with Gasteiger partial charge in [-0.2, -0.15) is 0 Å². The SMILES string of the molecule is CCCc1ccc(Oc2ccc(Cl)c(CO)n2)cc1. The smallest absolute Gasteiger partial charge is 0.219 e. The van der Waals surface area contributed by atoms with Crippen LogP contribution in [0.2, 0.25) is 5.02 Å². The fraction of sp³-hybridized carbons (Fsp3) is 0.267. The summed E-state index contributed by atoms with van der Waals surface area (Å²) in [6.45, 7) is 1.95. The molecule has 19 heavy (non-hydrogen) atoms. The molecule has 0 aliphatic heterocycles. The molecule has 1 aromatic heterocycles. The summed E-state index contributed by atoms with van der Waals surface area (Å²) in [5.74, 6) is 1.15. The van der Waals surface area contributed by atoms with Crippen molar-refractivity contribution in [3.8, 4) is 11.6 Å². The average Bonchev–Trinajstić information content (AvgIpc) is 2.43. The number of rotatable bonds is 5. The van der Waals surface area contributed by atoms with Crippen LogP contribution in [0.3, 0.4) is 0 Å². The van der Waals surface area contributed by atoms with Crippen LogP contribution in [-0.2, 0) is 13.0 Å². The van der Waals surface area contributed by atoms with Crippen molar-refractivity contribution < 1.29 is 9.84 Å². The normalized spacial score (nSPS) is 10.5. The Morgan fingerprint density at radius 2 is 1.89 bits per heavy atom. The largest absolute Gasteiger partial charge is 0.439 e. The summed E-state index contributed by atoms with van der Waals surface area (Å²) in [4.78, 5) is 4.14. The van der Waals surface area contributed by atoms with E-state index in [4.69, 9.17) is 21.4 Å². The lowest BCUT2D eigenvalue weighted by atomic mass is 10.1. The number of benzene rings is 1. The van der Waals surface area contributed by atoms with Crippen molar-refractivity contribution in [2.75, 3.05) is 0 Å². The number of halogens is 1. The van der Waals surface area contributed by atoms with E-state index < -0.39 is 0 Å². The highest BCUT2D eigenvalue weighted by Crippen LogP contribution is 2.23. The maximum atomic E-state index is 9.10. The Hall–Kier alpha value is -1.58. The Bertz CT molecular complexity index is 540. The molecule has 2 rings (SSSR count). The van der Waals surface area contributed by atoms with Gasteiger partial charge in [0, 0.05) is 6.07 Å². The van der Waals surface area contributed by atoms with Crippen molar-refractivity contribution in [3.05, 3.63) is 52.7 Å². The van der Waals surface area contributed by atoms with Gasteiger partial charge in [0.1, 0.15) is 5.75 Å². The van der Waals surface area contributed by atoms with Gasteiger partial charge < -0.3 is 9.84 Å². The van der Waals surface area contributed by atoms with Gasteiger partial charge in [0.05, 0.1) is 17.3 Å². The third-order valence-electron chi connectivity index (χ3n) is 2.73. The van der Waals surface area contributed by atoms with Crippen LogP contribution in [0.1, 0.15) is 24.6 Å².